The van der Waals surface area contributed by atoms with E-state index >= 15 is 0 Å². The van der Waals surface area contributed by atoms with Gasteiger partial charge in [0.15, 0.2) is 5.76 Å². The first-order valence-corrected chi connectivity index (χ1v) is 7.05. The Kier molecular flexibility index (Phi) is 4.33. The van der Waals surface area contributed by atoms with Crippen LogP contribution in [0, 0.1) is 0 Å². The zero-order chi connectivity index (χ0) is 14.7. The average Bonchev–Trinajstić information content (AvgIpc) is 3.08. The first-order chi connectivity index (χ1) is 10.2. The highest BCUT2D eigenvalue weighted by Gasteiger charge is 2.23. The van der Waals surface area contributed by atoms with E-state index in [9.17, 15) is 0 Å². The summed E-state index contributed by atoms with van der Waals surface area (Å²) in [7, 11) is 4.10. The fraction of sp³-hybridized carbons (Fsp3) is 0.571. The normalized spacial score (nSPS) is 20.2. The zero-order valence-electron chi connectivity index (χ0n) is 12.4. The molecular weight excluding hydrogens is 272 g/mol. The van der Waals surface area contributed by atoms with Crippen molar-refractivity contribution in [1.82, 2.24) is 20.0 Å². The Morgan fingerprint density at radius 2 is 2.29 bits per heavy atom. The van der Waals surface area contributed by atoms with E-state index in [1.54, 1.807) is 18.4 Å². The summed E-state index contributed by atoms with van der Waals surface area (Å²) in [5.41, 5.74) is 0. The average molecular weight is 292 g/mol. The summed E-state index contributed by atoms with van der Waals surface area (Å²) in [6, 6.07) is 3.60. The van der Waals surface area contributed by atoms with Crippen LogP contribution in [0.5, 0.6) is 0 Å². The number of likely N-dealkylation sites (N-methyl/N-ethyl adjacent to an activating group) is 1. The maximum atomic E-state index is 5.76. The molecule has 1 saturated heterocycles. The minimum atomic E-state index is 0.223. The van der Waals surface area contributed by atoms with Crippen LogP contribution in [0.2, 0.25) is 0 Å². The number of hydrogen-bond acceptors (Lipinski definition) is 7. The number of rotatable bonds is 5. The molecule has 0 aromatic carbocycles. The Bertz CT molecular complexity index is 552. The summed E-state index contributed by atoms with van der Waals surface area (Å²) >= 11 is 0. The zero-order valence-corrected chi connectivity index (χ0v) is 12.4. The molecule has 0 saturated carbocycles. The predicted octanol–water partition coefficient (Wildman–Crippen LogP) is 1.09. The van der Waals surface area contributed by atoms with Gasteiger partial charge in [-0.3, -0.25) is 4.90 Å². The third kappa shape index (κ3) is 3.69. The molecule has 0 aliphatic carbocycles. The van der Waals surface area contributed by atoms with Gasteiger partial charge in [-0.15, -0.1) is 10.2 Å². The van der Waals surface area contributed by atoms with Gasteiger partial charge in [-0.1, -0.05) is 0 Å². The largest absolute Gasteiger partial charge is 0.459 e. The monoisotopic (exact) mass is 292 g/mol. The molecular formula is C14H20N4O3. The van der Waals surface area contributed by atoms with Gasteiger partial charge in [-0.25, -0.2) is 0 Å². The fourth-order valence-electron chi connectivity index (χ4n) is 2.45. The Morgan fingerprint density at radius 1 is 1.38 bits per heavy atom. The van der Waals surface area contributed by atoms with Gasteiger partial charge in [-0.2, -0.15) is 0 Å². The molecule has 0 radical (unpaired) electrons. The highest BCUT2D eigenvalue weighted by atomic mass is 16.5. The van der Waals surface area contributed by atoms with Crippen LogP contribution in [0.3, 0.4) is 0 Å². The van der Waals surface area contributed by atoms with Gasteiger partial charge in [0.25, 0.3) is 5.89 Å². The van der Waals surface area contributed by atoms with Gasteiger partial charge in [0.2, 0.25) is 5.89 Å². The Morgan fingerprint density at radius 3 is 3.05 bits per heavy atom. The summed E-state index contributed by atoms with van der Waals surface area (Å²) < 4.78 is 16.6. The van der Waals surface area contributed by atoms with Crippen LogP contribution in [0.4, 0.5) is 0 Å². The molecule has 1 aliphatic heterocycles. The van der Waals surface area contributed by atoms with Gasteiger partial charge in [0.05, 0.1) is 25.5 Å². The molecule has 7 nitrogen and oxygen atoms in total. The molecule has 3 rings (SSSR count). The maximum absolute atomic E-state index is 5.76. The summed E-state index contributed by atoms with van der Waals surface area (Å²) in [6.07, 6.45) is 1.81. The highest BCUT2D eigenvalue weighted by Crippen LogP contribution is 2.19. The van der Waals surface area contributed by atoms with E-state index in [1.807, 2.05) is 0 Å². The third-order valence-corrected chi connectivity index (χ3v) is 3.35. The van der Waals surface area contributed by atoms with E-state index in [0.29, 0.717) is 24.1 Å². The van der Waals surface area contributed by atoms with Crippen LogP contribution in [-0.4, -0.2) is 66.4 Å². The van der Waals surface area contributed by atoms with E-state index in [2.05, 4.69) is 34.1 Å². The van der Waals surface area contributed by atoms with Crippen molar-refractivity contribution in [2.45, 2.75) is 12.6 Å². The molecule has 1 atom stereocenters. The van der Waals surface area contributed by atoms with Gasteiger partial charge in [-0.05, 0) is 26.2 Å². The highest BCUT2D eigenvalue weighted by molar-refractivity contribution is 5.42. The molecule has 1 unspecified atom stereocenters. The number of ether oxygens (including phenoxy) is 1. The summed E-state index contributed by atoms with van der Waals surface area (Å²) in [6.45, 7) is 4.04. The minimum Gasteiger partial charge on any atom is -0.459 e. The van der Waals surface area contributed by atoms with Crippen molar-refractivity contribution >= 4 is 0 Å². The van der Waals surface area contributed by atoms with Crippen molar-refractivity contribution in [3.05, 3.63) is 24.3 Å². The van der Waals surface area contributed by atoms with Crippen LogP contribution >= 0.6 is 0 Å². The van der Waals surface area contributed by atoms with Gasteiger partial charge >= 0.3 is 0 Å². The number of aromatic nitrogens is 2. The molecule has 7 heteroatoms. The lowest BCUT2D eigenvalue weighted by Gasteiger charge is -2.33. The number of hydrogen-bond donors (Lipinski definition) is 0. The summed E-state index contributed by atoms with van der Waals surface area (Å²) in [4.78, 5) is 4.41. The van der Waals surface area contributed by atoms with Gasteiger partial charge in [0, 0.05) is 19.6 Å². The summed E-state index contributed by atoms with van der Waals surface area (Å²) in [5, 5.41) is 8.10. The van der Waals surface area contributed by atoms with Crippen LogP contribution in [0.25, 0.3) is 11.7 Å². The van der Waals surface area contributed by atoms with Crippen molar-refractivity contribution < 1.29 is 13.6 Å². The van der Waals surface area contributed by atoms with E-state index < -0.39 is 0 Å². The Hall–Kier alpha value is -1.70. The molecule has 2 aromatic rings. The molecule has 1 fully saturated rings. The fourth-order valence-corrected chi connectivity index (χ4v) is 2.45. The third-order valence-electron chi connectivity index (χ3n) is 3.35. The van der Waals surface area contributed by atoms with Crippen molar-refractivity contribution in [1.29, 1.82) is 0 Å². The molecule has 0 spiro atoms. The van der Waals surface area contributed by atoms with E-state index in [-0.39, 0.29) is 6.10 Å². The number of furan rings is 1. The van der Waals surface area contributed by atoms with Crippen molar-refractivity contribution in [2.24, 2.45) is 0 Å². The quantitative estimate of drug-likeness (QED) is 0.817. The maximum Gasteiger partial charge on any atom is 0.283 e. The van der Waals surface area contributed by atoms with Crippen LogP contribution < -0.4 is 0 Å². The van der Waals surface area contributed by atoms with Crippen molar-refractivity contribution in [3.8, 4) is 11.7 Å². The lowest BCUT2D eigenvalue weighted by atomic mass is 10.2. The van der Waals surface area contributed by atoms with E-state index in [4.69, 9.17) is 13.6 Å². The Balaban J connectivity index is 1.59. The Labute approximate surface area is 123 Å². The SMILES string of the molecule is CN(C)CC1CN(Cc2nnc(-c3ccco3)o2)CCO1. The topological polar surface area (TPSA) is 67.8 Å². The molecule has 1 aliphatic rings. The number of morpholine rings is 1. The standard InChI is InChI=1S/C14H20N4O3/c1-17(2)8-11-9-18(5-7-19-11)10-13-15-16-14(21-13)12-4-3-6-20-12/h3-4,6,11H,5,7-10H2,1-2H3. The molecule has 2 aromatic heterocycles. The van der Waals surface area contributed by atoms with Crippen LogP contribution in [0.15, 0.2) is 27.2 Å². The molecule has 0 N–H and O–H groups in total. The molecule has 114 valence electrons. The van der Waals surface area contributed by atoms with E-state index in [1.165, 1.54) is 0 Å². The minimum absolute atomic E-state index is 0.223. The first kappa shape index (κ1) is 14.2. The number of nitrogens with zero attached hydrogens (tertiary/aromatic N) is 4. The predicted molar refractivity (Wildman–Crippen MR) is 75.6 cm³/mol. The molecule has 0 bridgehead atoms. The summed E-state index contributed by atoms with van der Waals surface area (Å²) in [5.74, 6) is 1.63. The molecule has 21 heavy (non-hydrogen) atoms. The van der Waals surface area contributed by atoms with Crippen molar-refractivity contribution in [3.63, 3.8) is 0 Å². The van der Waals surface area contributed by atoms with Gasteiger partial charge < -0.3 is 18.5 Å². The second kappa shape index (κ2) is 6.38. The smallest absolute Gasteiger partial charge is 0.283 e. The van der Waals surface area contributed by atoms with Crippen molar-refractivity contribution in [2.75, 3.05) is 40.3 Å². The van der Waals surface area contributed by atoms with Gasteiger partial charge in [0.1, 0.15) is 0 Å². The van der Waals surface area contributed by atoms with Crippen LogP contribution in [0.1, 0.15) is 5.89 Å². The lowest BCUT2D eigenvalue weighted by molar-refractivity contribution is -0.0426. The second-order valence-electron chi connectivity index (χ2n) is 5.47. The molecule has 3 heterocycles. The van der Waals surface area contributed by atoms with Crippen LogP contribution in [-0.2, 0) is 11.3 Å². The first-order valence-electron chi connectivity index (χ1n) is 7.05. The second-order valence-corrected chi connectivity index (χ2v) is 5.47. The van der Waals surface area contributed by atoms with E-state index in [0.717, 1.165) is 26.2 Å². The molecule has 0 amide bonds. The lowest BCUT2D eigenvalue weighted by Crippen LogP contribution is -2.46.